The van der Waals surface area contributed by atoms with E-state index in [-0.39, 0.29) is 11.6 Å². The highest BCUT2D eigenvalue weighted by atomic mass is 19.4. The number of hydrogen-bond acceptors (Lipinski definition) is 5. The Morgan fingerprint density at radius 1 is 1.13 bits per heavy atom. The number of fused-ring (bicyclic) bond motifs is 1. The quantitative estimate of drug-likeness (QED) is 0.446. The van der Waals surface area contributed by atoms with Gasteiger partial charge in [-0.3, -0.25) is 0 Å². The summed E-state index contributed by atoms with van der Waals surface area (Å²) in [5.74, 6) is -0.0598. The zero-order chi connectivity index (χ0) is 16.4. The Balaban J connectivity index is 1.90. The van der Waals surface area contributed by atoms with Gasteiger partial charge < -0.3 is 14.4 Å². The molecule has 1 heterocycles. The molecule has 0 saturated carbocycles. The molecule has 1 aromatic heterocycles. The summed E-state index contributed by atoms with van der Waals surface area (Å²) < 4.78 is 45.7. The maximum atomic E-state index is 12.1. The number of benzene rings is 2. The van der Waals surface area contributed by atoms with Crippen LogP contribution in [-0.4, -0.2) is 22.8 Å². The van der Waals surface area contributed by atoms with Crippen molar-refractivity contribution in [3.8, 4) is 17.2 Å². The second-order valence-corrected chi connectivity index (χ2v) is 4.56. The van der Waals surface area contributed by atoms with E-state index < -0.39 is 6.36 Å². The number of oxime groups is 1. The van der Waals surface area contributed by atoms with Crippen molar-refractivity contribution in [3.05, 3.63) is 48.0 Å². The first-order valence-corrected chi connectivity index (χ1v) is 6.39. The number of aromatic nitrogens is 1. The van der Waals surface area contributed by atoms with Gasteiger partial charge in [0.25, 0.3) is 0 Å². The molecule has 0 aliphatic heterocycles. The van der Waals surface area contributed by atoms with E-state index in [0.717, 1.165) is 0 Å². The molecule has 0 unspecified atom stereocenters. The van der Waals surface area contributed by atoms with Crippen LogP contribution in [0.1, 0.15) is 5.56 Å². The van der Waals surface area contributed by atoms with Crippen LogP contribution < -0.4 is 4.74 Å². The van der Waals surface area contributed by atoms with E-state index in [0.29, 0.717) is 22.2 Å². The summed E-state index contributed by atoms with van der Waals surface area (Å²) >= 11 is 0. The fourth-order valence-electron chi connectivity index (χ4n) is 2.01. The molecule has 0 aliphatic rings. The van der Waals surface area contributed by atoms with Gasteiger partial charge in [0.2, 0.25) is 5.89 Å². The normalized spacial score (nSPS) is 12.1. The van der Waals surface area contributed by atoms with E-state index in [1.807, 2.05) is 0 Å². The van der Waals surface area contributed by atoms with Crippen LogP contribution in [0.25, 0.3) is 22.6 Å². The van der Waals surface area contributed by atoms with Gasteiger partial charge in [-0.1, -0.05) is 5.16 Å². The second kappa shape index (κ2) is 5.64. The van der Waals surface area contributed by atoms with Crippen LogP contribution in [0.3, 0.4) is 0 Å². The minimum Gasteiger partial charge on any atom is -0.436 e. The Morgan fingerprint density at radius 2 is 1.87 bits per heavy atom. The van der Waals surface area contributed by atoms with Crippen LogP contribution >= 0.6 is 0 Å². The van der Waals surface area contributed by atoms with Crippen molar-refractivity contribution < 1.29 is 27.5 Å². The number of nitrogens with zero attached hydrogens (tertiary/aromatic N) is 2. The molecule has 1 N–H and O–H groups in total. The molecule has 3 aromatic rings. The maximum absolute atomic E-state index is 12.1. The summed E-state index contributed by atoms with van der Waals surface area (Å²) in [7, 11) is 0. The van der Waals surface area contributed by atoms with Crippen LogP contribution in [0.4, 0.5) is 13.2 Å². The van der Waals surface area contributed by atoms with E-state index in [4.69, 9.17) is 9.62 Å². The summed E-state index contributed by atoms with van der Waals surface area (Å²) in [6.07, 6.45) is -3.49. The van der Waals surface area contributed by atoms with Gasteiger partial charge in [0, 0.05) is 5.56 Å². The molecule has 0 aliphatic carbocycles. The predicted octanol–water partition coefficient (Wildman–Crippen LogP) is 4.20. The van der Waals surface area contributed by atoms with Gasteiger partial charge in [0.1, 0.15) is 11.3 Å². The van der Waals surface area contributed by atoms with Crippen molar-refractivity contribution in [1.29, 1.82) is 0 Å². The van der Waals surface area contributed by atoms with Crippen molar-refractivity contribution in [1.82, 2.24) is 4.98 Å². The second-order valence-electron chi connectivity index (χ2n) is 4.56. The molecule has 0 atom stereocenters. The average molecular weight is 322 g/mol. The topological polar surface area (TPSA) is 67.9 Å². The molecular weight excluding hydrogens is 313 g/mol. The third-order valence-corrected chi connectivity index (χ3v) is 2.95. The highest BCUT2D eigenvalue weighted by Crippen LogP contribution is 2.28. The van der Waals surface area contributed by atoms with E-state index in [9.17, 15) is 13.2 Å². The molecule has 5 nitrogen and oxygen atoms in total. The lowest BCUT2D eigenvalue weighted by molar-refractivity contribution is -0.274. The van der Waals surface area contributed by atoms with Crippen LogP contribution in [0.5, 0.6) is 5.75 Å². The molecule has 0 spiro atoms. The summed E-state index contributed by atoms with van der Waals surface area (Å²) in [5, 5.41) is 11.4. The number of hydrogen-bond donors (Lipinski definition) is 1. The molecule has 0 radical (unpaired) electrons. The van der Waals surface area contributed by atoms with E-state index in [1.165, 1.54) is 30.5 Å². The average Bonchev–Trinajstić information content (AvgIpc) is 2.90. The van der Waals surface area contributed by atoms with Crippen molar-refractivity contribution in [2.45, 2.75) is 6.36 Å². The van der Waals surface area contributed by atoms with Gasteiger partial charge in [-0.15, -0.1) is 13.2 Å². The third kappa shape index (κ3) is 3.42. The van der Waals surface area contributed by atoms with Crippen LogP contribution in [0.2, 0.25) is 0 Å². The number of halogens is 3. The highest BCUT2D eigenvalue weighted by molar-refractivity contribution is 5.86. The molecule has 118 valence electrons. The third-order valence-electron chi connectivity index (χ3n) is 2.95. The SMILES string of the molecule is ON=Cc1ccc2oc(-c3ccc(OC(F)(F)F)cc3)nc2c1. The first-order valence-electron chi connectivity index (χ1n) is 6.39. The van der Waals surface area contributed by atoms with Gasteiger partial charge in [0.15, 0.2) is 5.58 Å². The van der Waals surface area contributed by atoms with Crippen molar-refractivity contribution in [2.24, 2.45) is 5.16 Å². The smallest absolute Gasteiger partial charge is 0.436 e. The first kappa shape index (κ1) is 14.9. The number of oxazole rings is 1. The van der Waals surface area contributed by atoms with Crippen LogP contribution in [0.15, 0.2) is 52.0 Å². The van der Waals surface area contributed by atoms with Gasteiger partial charge in [-0.2, -0.15) is 0 Å². The number of rotatable bonds is 3. The number of ether oxygens (including phenoxy) is 1. The lowest BCUT2D eigenvalue weighted by Crippen LogP contribution is -2.16. The Labute approximate surface area is 127 Å². The lowest BCUT2D eigenvalue weighted by Gasteiger charge is -2.08. The first-order chi connectivity index (χ1) is 10.9. The summed E-state index contributed by atoms with van der Waals surface area (Å²) in [5.41, 5.74) is 2.18. The molecule has 8 heteroatoms. The molecule has 0 fully saturated rings. The molecule has 2 aromatic carbocycles. The minimum atomic E-state index is -4.73. The van der Waals surface area contributed by atoms with Crippen molar-refractivity contribution in [2.75, 3.05) is 0 Å². The molecule has 0 amide bonds. The molecule has 23 heavy (non-hydrogen) atoms. The Hall–Kier alpha value is -3.03. The zero-order valence-electron chi connectivity index (χ0n) is 11.4. The lowest BCUT2D eigenvalue weighted by atomic mass is 10.2. The largest absolute Gasteiger partial charge is 0.573 e. The van der Waals surface area contributed by atoms with Crippen LogP contribution in [0, 0.1) is 0 Å². The highest BCUT2D eigenvalue weighted by Gasteiger charge is 2.31. The van der Waals surface area contributed by atoms with E-state index in [1.54, 1.807) is 18.2 Å². The summed E-state index contributed by atoms with van der Waals surface area (Å²) in [4.78, 5) is 4.26. The minimum absolute atomic E-state index is 0.261. The molecular formula is C15H9F3N2O3. The van der Waals surface area contributed by atoms with Crippen LogP contribution in [-0.2, 0) is 0 Å². The van der Waals surface area contributed by atoms with Crippen molar-refractivity contribution >= 4 is 17.3 Å². The van der Waals surface area contributed by atoms with E-state index >= 15 is 0 Å². The Bertz CT molecular complexity index is 855. The zero-order valence-corrected chi connectivity index (χ0v) is 11.4. The predicted molar refractivity (Wildman–Crippen MR) is 75.5 cm³/mol. The summed E-state index contributed by atoms with van der Waals surface area (Å²) in [6.45, 7) is 0. The fraction of sp³-hybridized carbons (Fsp3) is 0.0667. The van der Waals surface area contributed by atoms with Gasteiger partial charge in [0.05, 0.1) is 6.21 Å². The van der Waals surface area contributed by atoms with Gasteiger partial charge >= 0.3 is 6.36 Å². The molecule has 0 saturated heterocycles. The van der Waals surface area contributed by atoms with Gasteiger partial charge in [-0.05, 0) is 48.0 Å². The number of alkyl halides is 3. The Kier molecular flexibility index (Phi) is 3.65. The molecule has 3 rings (SSSR count). The molecule has 0 bridgehead atoms. The standard InChI is InChI=1S/C15H9F3N2O3/c16-15(17,18)23-11-4-2-10(3-5-11)14-20-12-7-9(8-19-21)1-6-13(12)22-14/h1-8,21H. The van der Waals surface area contributed by atoms with Crippen molar-refractivity contribution in [3.63, 3.8) is 0 Å². The fourth-order valence-corrected chi connectivity index (χ4v) is 2.01. The van der Waals surface area contributed by atoms with Gasteiger partial charge in [-0.25, -0.2) is 4.98 Å². The summed E-state index contributed by atoms with van der Waals surface area (Å²) in [6, 6.07) is 10.2. The maximum Gasteiger partial charge on any atom is 0.573 e. The van der Waals surface area contributed by atoms with E-state index in [2.05, 4.69) is 14.9 Å². The Morgan fingerprint density at radius 3 is 2.52 bits per heavy atom. The monoisotopic (exact) mass is 322 g/mol.